The van der Waals surface area contributed by atoms with E-state index in [-0.39, 0.29) is 13.2 Å². The fraction of sp³-hybridized carbons (Fsp3) is 0.417. The van der Waals surface area contributed by atoms with Gasteiger partial charge in [0.05, 0.1) is 13.1 Å². The van der Waals surface area contributed by atoms with Crippen LogP contribution >= 0.6 is 11.6 Å². The topological polar surface area (TPSA) is 49.8 Å². The van der Waals surface area contributed by atoms with Crippen molar-refractivity contribution in [1.82, 2.24) is 4.90 Å². The van der Waals surface area contributed by atoms with Crippen LogP contribution in [0.5, 0.6) is 5.75 Å². The lowest BCUT2D eigenvalue weighted by Crippen LogP contribution is -2.40. The van der Waals surface area contributed by atoms with Crippen molar-refractivity contribution in [2.24, 2.45) is 0 Å². The molecule has 0 unspecified atom stereocenters. The molecule has 4 nitrogen and oxygen atoms in total. The van der Waals surface area contributed by atoms with Gasteiger partial charge in [0.2, 0.25) is 0 Å². The van der Waals surface area contributed by atoms with Crippen molar-refractivity contribution in [3.8, 4) is 5.75 Å². The highest BCUT2D eigenvalue weighted by atomic mass is 35.5. The lowest BCUT2D eigenvalue weighted by atomic mass is 10.3. The molecule has 0 saturated carbocycles. The van der Waals surface area contributed by atoms with E-state index in [2.05, 4.69) is 0 Å². The van der Waals surface area contributed by atoms with Crippen LogP contribution in [-0.2, 0) is 4.79 Å². The molecule has 20 heavy (non-hydrogen) atoms. The molecule has 0 atom stereocenters. The summed E-state index contributed by atoms with van der Waals surface area (Å²) in [5, 5.41) is 9.08. The first-order chi connectivity index (χ1) is 9.26. The van der Waals surface area contributed by atoms with Crippen molar-refractivity contribution in [2.45, 2.75) is 6.18 Å². The van der Waals surface area contributed by atoms with Crippen molar-refractivity contribution < 1.29 is 27.8 Å². The second-order valence-corrected chi connectivity index (χ2v) is 4.46. The molecule has 1 rings (SSSR count). The Morgan fingerprint density at radius 1 is 1.30 bits per heavy atom. The minimum Gasteiger partial charge on any atom is -0.492 e. The normalized spacial score (nSPS) is 11.7. The van der Waals surface area contributed by atoms with Crippen molar-refractivity contribution in [1.29, 1.82) is 0 Å². The third-order valence-corrected chi connectivity index (χ3v) is 2.50. The fourth-order valence-electron chi connectivity index (χ4n) is 1.48. The summed E-state index contributed by atoms with van der Waals surface area (Å²) < 4.78 is 42.0. The summed E-state index contributed by atoms with van der Waals surface area (Å²) in [6.45, 7) is -2.17. The highest BCUT2D eigenvalue weighted by Gasteiger charge is 2.31. The summed E-state index contributed by atoms with van der Waals surface area (Å²) in [6, 6.07) is 6.32. The Hall–Kier alpha value is -1.47. The molecule has 0 bridgehead atoms. The number of hydrogen-bond acceptors (Lipinski definition) is 3. The smallest absolute Gasteiger partial charge is 0.401 e. The predicted molar refractivity (Wildman–Crippen MR) is 67.1 cm³/mol. The van der Waals surface area contributed by atoms with Crippen LogP contribution in [0.1, 0.15) is 0 Å². The van der Waals surface area contributed by atoms with E-state index in [1.807, 2.05) is 0 Å². The van der Waals surface area contributed by atoms with Crippen LogP contribution in [0.3, 0.4) is 0 Å². The van der Waals surface area contributed by atoms with Gasteiger partial charge >= 0.3 is 12.1 Å². The average molecular weight is 312 g/mol. The summed E-state index contributed by atoms with van der Waals surface area (Å²) in [7, 11) is 0. The number of nitrogens with zero attached hydrogens (tertiary/aromatic N) is 1. The third kappa shape index (κ3) is 7.20. The second kappa shape index (κ2) is 7.35. The van der Waals surface area contributed by atoms with Crippen LogP contribution in [0.4, 0.5) is 13.2 Å². The van der Waals surface area contributed by atoms with E-state index in [4.69, 9.17) is 21.4 Å². The Labute approximate surface area is 118 Å². The zero-order valence-electron chi connectivity index (χ0n) is 10.4. The van der Waals surface area contributed by atoms with Crippen molar-refractivity contribution in [3.05, 3.63) is 29.3 Å². The molecule has 0 heterocycles. The van der Waals surface area contributed by atoms with E-state index < -0.39 is 25.2 Å². The molecule has 0 saturated heterocycles. The van der Waals surface area contributed by atoms with Gasteiger partial charge in [-0.25, -0.2) is 0 Å². The number of carboxylic acids is 1. The van der Waals surface area contributed by atoms with E-state index in [0.717, 1.165) is 4.90 Å². The molecule has 0 amide bonds. The number of benzene rings is 1. The quantitative estimate of drug-likeness (QED) is 0.841. The Morgan fingerprint density at radius 3 is 2.40 bits per heavy atom. The van der Waals surface area contributed by atoms with Crippen LogP contribution in [0.15, 0.2) is 24.3 Å². The van der Waals surface area contributed by atoms with Crippen LogP contribution in [0.2, 0.25) is 5.02 Å². The number of ether oxygens (including phenoxy) is 1. The second-order valence-electron chi connectivity index (χ2n) is 4.02. The minimum atomic E-state index is -4.45. The van der Waals surface area contributed by atoms with Crippen molar-refractivity contribution in [3.63, 3.8) is 0 Å². The summed E-state index contributed by atoms with van der Waals surface area (Å²) in [5.74, 6) is -0.863. The summed E-state index contributed by atoms with van der Waals surface area (Å²) in [5.41, 5.74) is 0. The maximum absolute atomic E-state index is 12.3. The zero-order chi connectivity index (χ0) is 15.2. The number of halogens is 4. The molecule has 0 aliphatic heterocycles. The van der Waals surface area contributed by atoms with Gasteiger partial charge in [-0.05, 0) is 24.3 Å². The highest BCUT2D eigenvalue weighted by molar-refractivity contribution is 6.30. The van der Waals surface area contributed by atoms with Crippen LogP contribution in [0, 0.1) is 0 Å². The lowest BCUT2D eigenvalue weighted by Gasteiger charge is -2.21. The van der Waals surface area contributed by atoms with Gasteiger partial charge in [0.1, 0.15) is 12.4 Å². The van der Waals surface area contributed by atoms with Gasteiger partial charge in [0.15, 0.2) is 0 Å². The molecule has 1 N–H and O–H groups in total. The SMILES string of the molecule is O=C(O)CN(CCOc1ccc(Cl)cc1)CC(F)(F)F. The number of aliphatic carboxylic acids is 1. The molecule has 0 radical (unpaired) electrons. The Kier molecular flexibility index (Phi) is 6.09. The number of hydrogen-bond donors (Lipinski definition) is 1. The first-order valence-corrected chi connectivity index (χ1v) is 6.03. The molecule has 1 aromatic carbocycles. The maximum Gasteiger partial charge on any atom is 0.401 e. The standard InChI is InChI=1S/C12H13ClF3NO3/c13-9-1-3-10(4-2-9)20-6-5-17(7-11(18)19)8-12(14,15)16/h1-4H,5-8H2,(H,18,19). The van der Waals surface area contributed by atoms with Crippen LogP contribution < -0.4 is 4.74 Å². The summed E-state index contributed by atoms with van der Waals surface area (Å²) in [4.78, 5) is 11.3. The number of carbonyl (C=O) groups is 1. The zero-order valence-corrected chi connectivity index (χ0v) is 11.1. The minimum absolute atomic E-state index is 0.0506. The van der Waals surface area contributed by atoms with E-state index in [1.54, 1.807) is 24.3 Å². The third-order valence-electron chi connectivity index (χ3n) is 2.25. The van der Waals surface area contributed by atoms with Gasteiger partial charge in [0.25, 0.3) is 0 Å². The molecular formula is C12H13ClF3NO3. The van der Waals surface area contributed by atoms with Crippen LogP contribution in [0.25, 0.3) is 0 Å². The average Bonchev–Trinajstić information content (AvgIpc) is 2.28. The van der Waals surface area contributed by atoms with E-state index in [1.165, 1.54) is 0 Å². The molecule has 0 aliphatic rings. The van der Waals surface area contributed by atoms with E-state index in [9.17, 15) is 18.0 Å². The highest BCUT2D eigenvalue weighted by Crippen LogP contribution is 2.17. The maximum atomic E-state index is 12.3. The predicted octanol–water partition coefficient (Wildman–Crippen LogP) is 2.67. The molecule has 1 aromatic rings. The molecule has 0 spiro atoms. The molecule has 0 aromatic heterocycles. The lowest BCUT2D eigenvalue weighted by molar-refractivity contribution is -0.154. The van der Waals surface area contributed by atoms with Gasteiger partial charge in [-0.2, -0.15) is 13.2 Å². The van der Waals surface area contributed by atoms with Crippen molar-refractivity contribution in [2.75, 3.05) is 26.2 Å². The van der Waals surface area contributed by atoms with Gasteiger partial charge in [-0.3, -0.25) is 9.69 Å². The molecule has 8 heteroatoms. The van der Waals surface area contributed by atoms with Gasteiger partial charge in [-0.15, -0.1) is 0 Å². The largest absolute Gasteiger partial charge is 0.492 e. The monoisotopic (exact) mass is 311 g/mol. The fourth-order valence-corrected chi connectivity index (χ4v) is 1.61. The van der Waals surface area contributed by atoms with E-state index >= 15 is 0 Å². The Balaban J connectivity index is 2.45. The molecule has 112 valence electrons. The Bertz CT molecular complexity index is 437. The number of carboxylic acid groups (broad SMARTS) is 1. The summed E-state index contributed by atoms with van der Waals surface area (Å²) in [6.07, 6.45) is -4.45. The van der Waals surface area contributed by atoms with Gasteiger partial charge in [-0.1, -0.05) is 11.6 Å². The molecule has 0 fully saturated rings. The van der Waals surface area contributed by atoms with Crippen LogP contribution in [-0.4, -0.2) is 48.4 Å². The summed E-state index contributed by atoms with van der Waals surface area (Å²) >= 11 is 5.67. The van der Waals surface area contributed by atoms with Gasteiger partial charge in [0, 0.05) is 11.6 Å². The number of alkyl halides is 3. The first-order valence-electron chi connectivity index (χ1n) is 5.65. The molecular weight excluding hydrogens is 299 g/mol. The Morgan fingerprint density at radius 2 is 1.90 bits per heavy atom. The molecule has 0 aliphatic carbocycles. The first kappa shape index (κ1) is 16.6. The number of rotatable bonds is 7. The van der Waals surface area contributed by atoms with Gasteiger partial charge < -0.3 is 9.84 Å². The van der Waals surface area contributed by atoms with E-state index in [0.29, 0.717) is 10.8 Å². The van der Waals surface area contributed by atoms with Crippen molar-refractivity contribution >= 4 is 17.6 Å².